The number of nitrogens with zero attached hydrogens (tertiary/aromatic N) is 2. The quantitative estimate of drug-likeness (QED) is 0.349. The maximum Gasteiger partial charge on any atom is 0.412 e. The number of carbonyl (C=O) groups excluding carboxylic acids is 1. The molecule has 1 aromatic carbocycles. The van der Waals surface area contributed by atoms with E-state index in [1.165, 1.54) is 11.5 Å². The summed E-state index contributed by atoms with van der Waals surface area (Å²) < 4.78 is 11.0. The lowest BCUT2D eigenvalue weighted by Gasteiger charge is -2.15. The molecule has 0 saturated carbocycles. The Morgan fingerprint density at radius 3 is 2.73 bits per heavy atom. The van der Waals surface area contributed by atoms with E-state index in [9.17, 15) is 4.79 Å². The molecule has 1 atom stereocenters. The van der Waals surface area contributed by atoms with Crippen molar-refractivity contribution in [2.45, 2.75) is 20.0 Å². The highest BCUT2D eigenvalue weighted by Gasteiger charge is 2.19. The van der Waals surface area contributed by atoms with Crippen molar-refractivity contribution < 1.29 is 9.53 Å². The molecular formula is C18H15ClIN3O2S. The standard InChI is InChI=1S/C18H15ClIN3O2S/c1-10-15(16(26-23-10)12-5-7-13(20)8-6-12)22-18(24)25-11(2)14-4-3-9-21-17(14)19/h3-9,11H,1-2H3,(H,22,24)/t11-/m1/s1. The summed E-state index contributed by atoms with van der Waals surface area (Å²) >= 11 is 9.65. The molecule has 1 amide bonds. The van der Waals surface area contributed by atoms with Crippen LogP contribution >= 0.6 is 45.7 Å². The zero-order valence-electron chi connectivity index (χ0n) is 14.0. The molecule has 134 valence electrons. The van der Waals surface area contributed by atoms with Gasteiger partial charge in [0.15, 0.2) is 0 Å². The fraction of sp³-hybridized carbons (Fsp3) is 0.167. The fourth-order valence-corrected chi connectivity index (χ4v) is 3.86. The van der Waals surface area contributed by atoms with E-state index in [2.05, 4.69) is 37.3 Å². The second-order valence-electron chi connectivity index (χ2n) is 5.53. The Kier molecular flexibility index (Phi) is 6.10. The molecule has 5 nitrogen and oxygen atoms in total. The average Bonchev–Trinajstić information content (AvgIpc) is 2.96. The first kappa shape index (κ1) is 19.1. The topological polar surface area (TPSA) is 64.1 Å². The van der Waals surface area contributed by atoms with Gasteiger partial charge in [0.2, 0.25) is 0 Å². The van der Waals surface area contributed by atoms with Crippen LogP contribution in [0.5, 0.6) is 0 Å². The summed E-state index contributed by atoms with van der Waals surface area (Å²) in [4.78, 5) is 17.3. The molecule has 2 heterocycles. The predicted molar refractivity (Wildman–Crippen MR) is 113 cm³/mol. The number of amides is 1. The maximum absolute atomic E-state index is 12.4. The summed E-state index contributed by atoms with van der Waals surface area (Å²) in [5, 5.41) is 3.13. The molecule has 0 unspecified atom stereocenters. The second kappa shape index (κ2) is 8.32. The molecule has 0 spiro atoms. The van der Waals surface area contributed by atoms with Crippen molar-refractivity contribution >= 4 is 57.5 Å². The predicted octanol–water partition coefficient (Wildman–Crippen LogP) is 6.08. The first-order chi connectivity index (χ1) is 12.5. The molecule has 0 aliphatic heterocycles. The van der Waals surface area contributed by atoms with Gasteiger partial charge in [0.1, 0.15) is 11.3 Å². The number of halogens is 2. The van der Waals surface area contributed by atoms with Crippen LogP contribution in [0, 0.1) is 10.5 Å². The van der Waals surface area contributed by atoms with E-state index in [0.717, 1.165) is 19.7 Å². The monoisotopic (exact) mass is 499 g/mol. The van der Waals surface area contributed by atoms with E-state index >= 15 is 0 Å². The van der Waals surface area contributed by atoms with Crippen LogP contribution in [0.1, 0.15) is 24.3 Å². The van der Waals surface area contributed by atoms with E-state index < -0.39 is 12.2 Å². The van der Waals surface area contributed by atoms with Gasteiger partial charge in [0.25, 0.3) is 0 Å². The van der Waals surface area contributed by atoms with Crippen LogP contribution in [0.3, 0.4) is 0 Å². The number of nitrogens with one attached hydrogen (secondary N) is 1. The van der Waals surface area contributed by atoms with Crippen molar-refractivity contribution in [3.05, 3.63) is 62.6 Å². The van der Waals surface area contributed by atoms with Gasteiger partial charge in [-0.15, -0.1) is 0 Å². The van der Waals surface area contributed by atoms with Gasteiger partial charge in [-0.2, -0.15) is 4.37 Å². The summed E-state index contributed by atoms with van der Waals surface area (Å²) in [6, 6.07) is 11.6. The van der Waals surface area contributed by atoms with Crippen molar-refractivity contribution in [2.75, 3.05) is 5.32 Å². The van der Waals surface area contributed by atoms with Crippen LogP contribution in [-0.4, -0.2) is 15.5 Å². The number of aromatic nitrogens is 2. The number of aryl methyl sites for hydroxylation is 1. The highest BCUT2D eigenvalue weighted by atomic mass is 127. The second-order valence-corrected chi connectivity index (χ2v) is 7.91. The first-order valence-corrected chi connectivity index (χ1v) is 9.99. The van der Waals surface area contributed by atoms with E-state index in [1.54, 1.807) is 25.3 Å². The Morgan fingerprint density at radius 1 is 1.31 bits per heavy atom. The Labute approximate surface area is 174 Å². The van der Waals surface area contributed by atoms with Crippen LogP contribution < -0.4 is 5.32 Å². The Hall–Kier alpha value is -1.71. The van der Waals surface area contributed by atoms with Crippen molar-refractivity contribution in [1.29, 1.82) is 0 Å². The van der Waals surface area contributed by atoms with Crippen LogP contribution in [0.15, 0.2) is 42.6 Å². The average molecular weight is 500 g/mol. The van der Waals surface area contributed by atoms with E-state index in [4.69, 9.17) is 16.3 Å². The third-order valence-corrected chi connectivity index (χ3v) is 5.73. The van der Waals surface area contributed by atoms with Crippen LogP contribution in [0.2, 0.25) is 5.15 Å². The molecule has 0 aliphatic rings. The maximum atomic E-state index is 12.4. The van der Waals surface area contributed by atoms with Gasteiger partial charge in [-0.05, 0) is 71.7 Å². The molecular weight excluding hydrogens is 485 g/mol. The number of ether oxygens (including phenoxy) is 1. The zero-order chi connectivity index (χ0) is 18.7. The molecule has 8 heteroatoms. The SMILES string of the molecule is Cc1nsc(-c2ccc(I)cc2)c1NC(=O)O[C@H](C)c1cccnc1Cl. The van der Waals surface area contributed by atoms with Gasteiger partial charge in [-0.25, -0.2) is 9.78 Å². The van der Waals surface area contributed by atoms with Gasteiger partial charge in [-0.3, -0.25) is 5.32 Å². The minimum Gasteiger partial charge on any atom is -0.441 e. The van der Waals surface area contributed by atoms with E-state index in [-0.39, 0.29) is 0 Å². The molecule has 26 heavy (non-hydrogen) atoms. The fourth-order valence-electron chi connectivity index (χ4n) is 2.37. The number of hydrogen-bond donors (Lipinski definition) is 1. The molecule has 3 rings (SSSR count). The van der Waals surface area contributed by atoms with E-state index in [0.29, 0.717) is 16.4 Å². The zero-order valence-corrected chi connectivity index (χ0v) is 17.7. The number of pyridine rings is 1. The molecule has 0 aliphatic carbocycles. The van der Waals surface area contributed by atoms with Crippen LogP contribution in [0.4, 0.5) is 10.5 Å². The number of rotatable bonds is 4. The number of hydrogen-bond acceptors (Lipinski definition) is 5. The lowest BCUT2D eigenvalue weighted by atomic mass is 10.1. The summed E-state index contributed by atoms with van der Waals surface area (Å²) in [5.74, 6) is 0. The lowest BCUT2D eigenvalue weighted by molar-refractivity contribution is 0.121. The summed E-state index contributed by atoms with van der Waals surface area (Å²) in [5.41, 5.74) is 3.05. The van der Waals surface area contributed by atoms with Crippen molar-refractivity contribution in [2.24, 2.45) is 0 Å². The Balaban J connectivity index is 1.77. The van der Waals surface area contributed by atoms with Gasteiger partial charge in [-0.1, -0.05) is 29.8 Å². The van der Waals surface area contributed by atoms with Gasteiger partial charge in [0.05, 0.1) is 16.3 Å². The minimum atomic E-state index is -0.563. The highest BCUT2D eigenvalue weighted by Crippen LogP contribution is 2.35. The number of anilines is 1. The largest absolute Gasteiger partial charge is 0.441 e. The lowest BCUT2D eigenvalue weighted by Crippen LogP contribution is -2.17. The molecule has 3 aromatic rings. The van der Waals surface area contributed by atoms with Crippen molar-refractivity contribution in [1.82, 2.24) is 9.36 Å². The van der Waals surface area contributed by atoms with Gasteiger partial charge >= 0.3 is 6.09 Å². The molecule has 0 fully saturated rings. The number of benzene rings is 1. The summed E-state index contributed by atoms with van der Waals surface area (Å²) in [6.07, 6.45) is 0.504. The summed E-state index contributed by atoms with van der Waals surface area (Å²) in [6.45, 7) is 3.60. The number of carbonyl (C=O) groups is 1. The highest BCUT2D eigenvalue weighted by molar-refractivity contribution is 14.1. The third-order valence-electron chi connectivity index (χ3n) is 3.71. The van der Waals surface area contributed by atoms with Crippen molar-refractivity contribution in [3.8, 4) is 10.4 Å². The normalized spacial score (nSPS) is 11.8. The van der Waals surface area contributed by atoms with Crippen LogP contribution in [0.25, 0.3) is 10.4 Å². The summed E-state index contributed by atoms with van der Waals surface area (Å²) in [7, 11) is 0. The Bertz CT molecular complexity index is 930. The van der Waals surface area contributed by atoms with Gasteiger partial charge in [0, 0.05) is 15.3 Å². The molecule has 1 N–H and O–H groups in total. The minimum absolute atomic E-state index is 0.320. The molecule has 0 bridgehead atoms. The van der Waals surface area contributed by atoms with E-state index in [1.807, 2.05) is 31.2 Å². The first-order valence-electron chi connectivity index (χ1n) is 7.76. The van der Waals surface area contributed by atoms with Crippen molar-refractivity contribution in [3.63, 3.8) is 0 Å². The third kappa shape index (κ3) is 4.33. The Morgan fingerprint density at radius 2 is 2.04 bits per heavy atom. The molecule has 0 saturated heterocycles. The molecule has 0 radical (unpaired) electrons. The smallest absolute Gasteiger partial charge is 0.412 e. The van der Waals surface area contributed by atoms with Crippen LogP contribution in [-0.2, 0) is 4.74 Å². The van der Waals surface area contributed by atoms with Gasteiger partial charge < -0.3 is 4.74 Å². The molecule has 2 aromatic heterocycles.